The van der Waals surface area contributed by atoms with Gasteiger partial charge in [0.1, 0.15) is 6.54 Å². The lowest BCUT2D eigenvalue weighted by atomic mass is 10.1. The van der Waals surface area contributed by atoms with Crippen molar-refractivity contribution < 1.29 is 13.2 Å². The number of aryl methyl sites for hydroxylation is 4. The number of amides is 1. The highest BCUT2D eigenvalue weighted by molar-refractivity contribution is 7.98. The molecule has 1 heterocycles. The number of anilines is 1. The lowest BCUT2D eigenvalue weighted by Crippen LogP contribution is -2.39. The van der Waals surface area contributed by atoms with Gasteiger partial charge in [-0.1, -0.05) is 35.4 Å². The number of hydrazone groups is 1. The lowest BCUT2D eigenvalue weighted by molar-refractivity contribution is -0.119. The number of nitrogens with one attached hydrogen (secondary N) is 1. The minimum atomic E-state index is -4.00. The third-order valence-electron chi connectivity index (χ3n) is 6.71. The number of aromatic nitrogens is 1. The van der Waals surface area contributed by atoms with Crippen molar-refractivity contribution in [1.82, 2.24) is 9.99 Å². The third kappa shape index (κ3) is 6.32. The highest BCUT2D eigenvalue weighted by Gasteiger charge is 2.27. The summed E-state index contributed by atoms with van der Waals surface area (Å²) >= 11 is 1.53. The maximum Gasteiger partial charge on any atom is 0.264 e. The van der Waals surface area contributed by atoms with Crippen molar-refractivity contribution in [1.29, 1.82) is 0 Å². The third-order valence-corrected chi connectivity index (χ3v) is 9.24. The van der Waals surface area contributed by atoms with E-state index in [9.17, 15) is 13.2 Å². The molecule has 3 aromatic carbocycles. The first-order valence-corrected chi connectivity index (χ1v) is 15.5. The smallest absolute Gasteiger partial charge is 0.264 e. The lowest BCUT2D eigenvalue weighted by Gasteiger charge is -2.24. The van der Waals surface area contributed by atoms with Gasteiger partial charge < -0.3 is 4.57 Å². The fourth-order valence-corrected chi connectivity index (χ4v) is 6.42. The second kappa shape index (κ2) is 12.1. The van der Waals surface area contributed by atoms with E-state index in [4.69, 9.17) is 0 Å². The van der Waals surface area contributed by atoms with Gasteiger partial charge in [0.2, 0.25) is 0 Å². The fourth-order valence-electron chi connectivity index (χ4n) is 4.59. The summed E-state index contributed by atoms with van der Waals surface area (Å²) in [5.41, 5.74) is 10.2. The molecule has 0 saturated carbocycles. The Morgan fingerprint density at radius 1 is 0.925 bits per heavy atom. The Kier molecular flexibility index (Phi) is 8.85. The van der Waals surface area contributed by atoms with E-state index in [2.05, 4.69) is 47.1 Å². The maximum absolute atomic E-state index is 13.6. The molecule has 0 aliphatic rings. The van der Waals surface area contributed by atoms with Gasteiger partial charge in [0.05, 0.1) is 16.8 Å². The van der Waals surface area contributed by atoms with Crippen LogP contribution in [0.25, 0.3) is 5.69 Å². The molecule has 0 radical (unpaired) electrons. The number of nitrogens with zero attached hydrogens (tertiary/aromatic N) is 3. The molecule has 208 valence electrons. The Balaban J connectivity index is 1.56. The van der Waals surface area contributed by atoms with E-state index in [1.807, 2.05) is 45.2 Å². The van der Waals surface area contributed by atoms with Crippen molar-refractivity contribution in [2.24, 2.45) is 5.10 Å². The highest BCUT2D eigenvalue weighted by atomic mass is 32.2. The summed E-state index contributed by atoms with van der Waals surface area (Å²) in [5.74, 6) is -0.552. The second-order valence-corrected chi connectivity index (χ2v) is 12.5. The molecule has 0 bridgehead atoms. The average molecular weight is 575 g/mol. The normalized spacial score (nSPS) is 11.7. The topological polar surface area (TPSA) is 83.8 Å². The molecular formula is C31H34N4O3S2. The van der Waals surface area contributed by atoms with Gasteiger partial charge in [-0.2, -0.15) is 5.10 Å². The van der Waals surface area contributed by atoms with Gasteiger partial charge in [-0.25, -0.2) is 13.8 Å². The summed E-state index contributed by atoms with van der Waals surface area (Å²) in [5, 5.41) is 4.16. The number of rotatable bonds is 9. The number of carbonyl (C=O) groups is 1. The number of thioether (sulfide) groups is 1. The molecule has 4 rings (SSSR count). The van der Waals surface area contributed by atoms with Gasteiger partial charge in [-0.15, -0.1) is 11.8 Å². The molecule has 0 spiro atoms. The van der Waals surface area contributed by atoms with Gasteiger partial charge in [0.25, 0.3) is 15.9 Å². The molecule has 7 nitrogen and oxygen atoms in total. The summed E-state index contributed by atoms with van der Waals surface area (Å²) < 4.78 is 30.5. The zero-order valence-corrected chi connectivity index (χ0v) is 25.2. The van der Waals surface area contributed by atoms with Crippen LogP contribution in [0.1, 0.15) is 33.6 Å². The van der Waals surface area contributed by atoms with Crippen LogP contribution in [-0.4, -0.2) is 37.9 Å². The van der Waals surface area contributed by atoms with E-state index in [0.717, 1.165) is 37.4 Å². The van der Waals surface area contributed by atoms with Crippen molar-refractivity contribution in [3.05, 3.63) is 106 Å². The van der Waals surface area contributed by atoms with E-state index in [0.29, 0.717) is 5.69 Å². The molecule has 1 N–H and O–H groups in total. The monoisotopic (exact) mass is 574 g/mol. The predicted octanol–water partition coefficient (Wildman–Crippen LogP) is 6.09. The van der Waals surface area contributed by atoms with Crippen molar-refractivity contribution >= 4 is 39.6 Å². The fraction of sp³-hybridized carbons (Fsp3) is 0.226. The van der Waals surface area contributed by atoms with Gasteiger partial charge in [0, 0.05) is 27.5 Å². The predicted molar refractivity (Wildman–Crippen MR) is 164 cm³/mol. The van der Waals surface area contributed by atoms with Crippen LogP contribution in [0.15, 0.2) is 87.7 Å². The van der Waals surface area contributed by atoms with Crippen LogP contribution in [0.5, 0.6) is 0 Å². The van der Waals surface area contributed by atoms with Crippen molar-refractivity contribution in [2.45, 2.75) is 44.4 Å². The molecule has 0 aliphatic heterocycles. The quantitative estimate of drug-likeness (QED) is 0.149. The summed E-state index contributed by atoms with van der Waals surface area (Å²) in [7, 11) is -4.00. The molecule has 0 fully saturated rings. The Bertz CT molecular complexity index is 1660. The minimum absolute atomic E-state index is 0.112. The zero-order chi connectivity index (χ0) is 29.0. The molecule has 40 heavy (non-hydrogen) atoms. The van der Waals surface area contributed by atoms with Crippen LogP contribution >= 0.6 is 11.8 Å². The van der Waals surface area contributed by atoms with Gasteiger partial charge in [0.15, 0.2) is 0 Å². The van der Waals surface area contributed by atoms with Crippen LogP contribution in [0.2, 0.25) is 0 Å². The van der Waals surface area contributed by atoms with Crippen molar-refractivity contribution in [2.75, 3.05) is 17.1 Å². The first-order valence-electron chi connectivity index (χ1n) is 12.8. The molecule has 0 unspecified atom stereocenters. The maximum atomic E-state index is 13.6. The second-order valence-electron chi connectivity index (χ2n) is 9.77. The highest BCUT2D eigenvalue weighted by Crippen LogP contribution is 2.26. The molecular weight excluding hydrogens is 541 g/mol. The van der Waals surface area contributed by atoms with Gasteiger partial charge >= 0.3 is 0 Å². The van der Waals surface area contributed by atoms with Gasteiger partial charge in [-0.05, 0) is 95.0 Å². The number of carbonyl (C=O) groups excluding carboxylic acids is 1. The minimum Gasteiger partial charge on any atom is -0.318 e. The summed E-state index contributed by atoms with van der Waals surface area (Å²) in [6.07, 6.45) is 3.51. The summed E-state index contributed by atoms with van der Waals surface area (Å²) in [4.78, 5) is 14.0. The molecule has 1 aromatic heterocycles. The molecule has 0 aliphatic carbocycles. The van der Waals surface area contributed by atoms with E-state index in [1.165, 1.54) is 22.9 Å². The Labute approximate surface area is 241 Å². The molecule has 9 heteroatoms. The number of hydrogen-bond acceptors (Lipinski definition) is 5. The number of benzene rings is 3. The molecule has 0 atom stereocenters. The van der Waals surface area contributed by atoms with E-state index in [1.54, 1.807) is 42.6 Å². The van der Waals surface area contributed by atoms with Crippen molar-refractivity contribution in [3.8, 4) is 5.69 Å². The first-order chi connectivity index (χ1) is 19.0. The Hall–Kier alpha value is -3.82. The zero-order valence-electron chi connectivity index (χ0n) is 23.6. The van der Waals surface area contributed by atoms with E-state index >= 15 is 0 Å². The largest absolute Gasteiger partial charge is 0.318 e. The van der Waals surface area contributed by atoms with Crippen LogP contribution < -0.4 is 9.73 Å². The van der Waals surface area contributed by atoms with E-state index < -0.39 is 22.5 Å². The molecule has 4 aromatic rings. The van der Waals surface area contributed by atoms with Crippen LogP contribution in [0.3, 0.4) is 0 Å². The average Bonchev–Trinajstić information content (AvgIpc) is 3.20. The molecule has 0 saturated heterocycles. The van der Waals surface area contributed by atoms with Crippen molar-refractivity contribution in [3.63, 3.8) is 0 Å². The molecule has 1 amide bonds. The number of sulfonamides is 1. The number of hydrogen-bond donors (Lipinski definition) is 1. The first kappa shape index (κ1) is 29.2. The van der Waals surface area contributed by atoms with Gasteiger partial charge in [-0.3, -0.25) is 9.10 Å². The van der Waals surface area contributed by atoms with E-state index in [-0.39, 0.29) is 4.90 Å². The SMILES string of the molecule is CSc1ccc(S(=O)(=O)N(CC(=O)NN=Cc2cc(C)n(-c3ccc(C)cc3C)c2C)c2ccc(C)cc2)cc1. The van der Waals surface area contributed by atoms with Crippen LogP contribution in [-0.2, 0) is 14.8 Å². The van der Waals surface area contributed by atoms with Crippen LogP contribution in [0, 0.1) is 34.6 Å². The summed E-state index contributed by atoms with van der Waals surface area (Å²) in [6.45, 7) is 9.68. The Morgan fingerprint density at radius 3 is 2.20 bits per heavy atom. The summed E-state index contributed by atoms with van der Waals surface area (Å²) in [6, 6.07) is 22.0. The van der Waals surface area contributed by atoms with Crippen LogP contribution in [0.4, 0.5) is 5.69 Å². The Morgan fingerprint density at radius 2 is 1.57 bits per heavy atom. The standard InChI is InChI=1S/C31H34N4O3S2/c1-21-7-10-27(11-8-21)34(40(37,38)29-14-12-28(39-6)13-15-29)20-31(36)33-32-19-26-18-24(4)35(25(26)5)30-16-9-22(2)17-23(30)3/h7-19H,20H2,1-6H3,(H,33,36).